The van der Waals surface area contributed by atoms with Gasteiger partial charge in [-0.3, -0.25) is 0 Å². The van der Waals surface area contributed by atoms with E-state index >= 15 is 0 Å². The van der Waals surface area contributed by atoms with Gasteiger partial charge in [-0.05, 0) is 42.0 Å². The summed E-state index contributed by atoms with van der Waals surface area (Å²) in [6.07, 6.45) is 2.57. The third-order valence-electron chi connectivity index (χ3n) is 4.08. The van der Waals surface area contributed by atoms with Crippen LogP contribution in [0.1, 0.15) is 18.4 Å². The Balaban J connectivity index is 1.50. The van der Waals surface area contributed by atoms with Crippen LogP contribution >= 0.6 is 0 Å². The second-order valence-electron chi connectivity index (χ2n) is 5.79. The molecule has 3 rings (SSSR count). The largest absolute Gasteiger partial charge is 0.376 e. The smallest absolute Gasteiger partial charge is 0.0717 e. The van der Waals surface area contributed by atoms with Gasteiger partial charge in [0, 0.05) is 6.54 Å². The Labute approximate surface area is 127 Å². The van der Waals surface area contributed by atoms with Crippen molar-refractivity contribution in [1.29, 1.82) is 0 Å². The molecule has 0 unspecified atom stereocenters. The molecule has 110 valence electrons. The van der Waals surface area contributed by atoms with Crippen molar-refractivity contribution < 1.29 is 4.74 Å². The Morgan fingerprint density at radius 2 is 1.71 bits per heavy atom. The molecule has 0 amide bonds. The third-order valence-corrected chi connectivity index (χ3v) is 4.08. The zero-order valence-corrected chi connectivity index (χ0v) is 12.4. The Bertz CT molecular complexity index is 529. The summed E-state index contributed by atoms with van der Waals surface area (Å²) in [6.45, 7) is 3.85. The van der Waals surface area contributed by atoms with Gasteiger partial charge >= 0.3 is 0 Å². The van der Waals surface area contributed by atoms with Crippen molar-refractivity contribution in [2.75, 3.05) is 19.7 Å². The van der Waals surface area contributed by atoms with Gasteiger partial charge in [-0.2, -0.15) is 0 Å². The van der Waals surface area contributed by atoms with Gasteiger partial charge in [0.15, 0.2) is 0 Å². The fourth-order valence-electron chi connectivity index (χ4n) is 2.83. The van der Waals surface area contributed by atoms with Gasteiger partial charge in [0.25, 0.3) is 0 Å². The average molecular weight is 281 g/mol. The first-order valence-electron chi connectivity index (χ1n) is 7.84. The van der Waals surface area contributed by atoms with E-state index in [4.69, 9.17) is 4.74 Å². The number of hydrogen-bond acceptors (Lipinski definition) is 2. The molecule has 0 saturated carbocycles. The van der Waals surface area contributed by atoms with Crippen LogP contribution in [0.2, 0.25) is 0 Å². The second kappa shape index (κ2) is 7.39. The number of ether oxygens (including phenoxy) is 1. The molecule has 0 aliphatic carbocycles. The van der Waals surface area contributed by atoms with Crippen molar-refractivity contribution in [2.45, 2.75) is 19.4 Å². The minimum absolute atomic E-state index is 0.683. The minimum Gasteiger partial charge on any atom is -0.376 e. The lowest BCUT2D eigenvalue weighted by Gasteiger charge is -2.22. The third kappa shape index (κ3) is 4.16. The van der Waals surface area contributed by atoms with E-state index in [0.29, 0.717) is 12.5 Å². The summed E-state index contributed by atoms with van der Waals surface area (Å²) in [4.78, 5) is 0. The van der Waals surface area contributed by atoms with Gasteiger partial charge in [-0.15, -0.1) is 0 Å². The van der Waals surface area contributed by atoms with Gasteiger partial charge in [0.05, 0.1) is 13.2 Å². The number of hydrogen-bond donors (Lipinski definition) is 1. The number of rotatable bonds is 5. The van der Waals surface area contributed by atoms with Crippen molar-refractivity contribution in [3.63, 3.8) is 0 Å². The van der Waals surface area contributed by atoms with E-state index in [2.05, 4.69) is 53.8 Å². The van der Waals surface area contributed by atoms with Crippen LogP contribution in [0.25, 0.3) is 11.1 Å². The molecule has 2 nitrogen and oxygen atoms in total. The maximum atomic E-state index is 5.86. The van der Waals surface area contributed by atoms with Gasteiger partial charge in [0.1, 0.15) is 0 Å². The van der Waals surface area contributed by atoms with E-state index in [1.807, 2.05) is 6.07 Å². The first-order valence-corrected chi connectivity index (χ1v) is 7.84. The van der Waals surface area contributed by atoms with Gasteiger partial charge in [-0.25, -0.2) is 0 Å². The highest BCUT2D eigenvalue weighted by atomic mass is 16.5. The van der Waals surface area contributed by atoms with Crippen LogP contribution in [0.3, 0.4) is 0 Å². The first-order chi connectivity index (χ1) is 10.4. The normalized spacial score (nSPS) is 18.6. The van der Waals surface area contributed by atoms with Crippen molar-refractivity contribution in [3.05, 3.63) is 60.2 Å². The van der Waals surface area contributed by atoms with E-state index in [9.17, 15) is 0 Å². The molecular formula is C19H23NO. The average Bonchev–Trinajstić information content (AvgIpc) is 2.57. The maximum absolute atomic E-state index is 5.86. The lowest BCUT2D eigenvalue weighted by atomic mass is 10.0. The molecule has 2 aromatic carbocycles. The zero-order valence-electron chi connectivity index (χ0n) is 12.4. The molecule has 0 radical (unpaired) electrons. The zero-order chi connectivity index (χ0) is 14.3. The van der Waals surface area contributed by atoms with E-state index < -0.39 is 0 Å². The summed E-state index contributed by atoms with van der Waals surface area (Å²) in [5.41, 5.74) is 3.77. The van der Waals surface area contributed by atoms with Gasteiger partial charge < -0.3 is 10.1 Å². The van der Waals surface area contributed by atoms with Crippen LogP contribution in [0.4, 0.5) is 0 Å². The fourth-order valence-corrected chi connectivity index (χ4v) is 2.83. The Morgan fingerprint density at radius 1 is 0.952 bits per heavy atom. The molecular weight excluding hydrogens is 258 g/mol. The SMILES string of the molecule is c1ccc(-c2ccc(COC[C@@H]3CCCNC3)cc2)cc1. The van der Waals surface area contributed by atoms with Crippen LogP contribution < -0.4 is 5.32 Å². The predicted molar refractivity (Wildman–Crippen MR) is 87.1 cm³/mol. The van der Waals surface area contributed by atoms with Crippen LogP contribution in [0.5, 0.6) is 0 Å². The molecule has 1 atom stereocenters. The second-order valence-corrected chi connectivity index (χ2v) is 5.79. The van der Waals surface area contributed by atoms with Crippen LogP contribution in [0, 0.1) is 5.92 Å². The number of piperidine rings is 1. The van der Waals surface area contributed by atoms with Crippen molar-refractivity contribution >= 4 is 0 Å². The molecule has 0 aromatic heterocycles. The van der Waals surface area contributed by atoms with Crippen LogP contribution in [0.15, 0.2) is 54.6 Å². The van der Waals surface area contributed by atoms with E-state index in [1.165, 1.54) is 29.5 Å². The van der Waals surface area contributed by atoms with E-state index in [0.717, 1.165) is 19.7 Å². The summed E-state index contributed by atoms with van der Waals surface area (Å²) in [7, 11) is 0. The predicted octanol–water partition coefficient (Wildman–Crippen LogP) is 3.87. The summed E-state index contributed by atoms with van der Waals surface area (Å²) in [5.74, 6) is 0.683. The highest BCUT2D eigenvalue weighted by Crippen LogP contribution is 2.19. The molecule has 21 heavy (non-hydrogen) atoms. The summed E-state index contributed by atoms with van der Waals surface area (Å²) in [5, 5.41) is 3.43. The quantitative estimate of drug-likeness (QED) is 0.898. The summed E-state index contributed by atoms with van der Waals surface area (Å²) >= 11 is 0. The Hall–Kier alpha value is -1.64. The topological polar surface area (TPSA) is 21.3 Å². The Morgan fingerprint density at radius 3 is 2.43 bits per heavy atom. The van der Waals surface area contributed by atoms with E-state index in [-0.39, 0.29) is 0 Å². The molecule has 1 aliphatic rings. The monoisotopic (exact) mass is 281 g/mol. The summed E-state index contributed by atoms with van der Waals surface area (Å²) < 4.78 is 5.86. The lowest BCUT2D eigenvalue weighted by molar-refractivity contribution is 0.0783. The first kappa shape index (κ1) is 14.3. The van der Waals surface area contributed by atoms with Crippen molar-refractivity contribution in [3.8, 4) is 11.1 Å². The van der Waals surface area contributed by atoms with Crippen molar-refractivity contribution in [2.24, 2.45) is 5.92 Å². The molecule has 1 heterocycles. The van der Waals surface area contributed by atoms with Gasteiger partial charge in [0.2, 0.25) is 0 Å². The molecule has 1 N–H and O–H groups in total. The van der Waals surface area contributed by atoms with Crippen LogP contribution in [-0.4, -0.2) is 19.7 Å². The lowest BCUT2D eigenvalue weighted by Crippen LogP contribution is -2.32. The van der Waals surface area contributed by atoms with Gasteiger partial charge in [-0.1, -0.05) is 54.6 Å². The maximum Gasteiger partial charge on any atom is 0.0717 e. The molecule has 1 saturated heterocycles. The highest BCUT2D eigenvalue weighted by molar-refractivity contribution is 5.63. The van der Waals surface area contributed by atoms with Crippen molar-refractivity contribution in [1.82, 2.24) is 5.32 Å². The molecule has 0 bridgehead atoms. The minimum atomic E-state index is 0.683. The fraction of sp³-hybridized carbons (Fsp3) is 0.368. The molecule has 1 fully saturated rings. The standard InChI is InChI=1S/C19H23NO/c1-2-6-18(7-3-1)19-10-8-16(9-11-19)14-21-15-17-5-4-12-20-13-17/h1-3,6-11,17,20H,4-5,12-15H2/t17-/m1/s1. The number of benzene rings is 2. The molecule has 2 heteroatoms. The number of nitrogens with one attached hydrogen (secondary N) is 1. The molecule has 0 spiro atoms. The van der Waals surface area contributed by atoms with E-state index in [1.54, 1.807) is 0 Å². The molecule has 1 aliphatic heterocycles. The highest BCUT2D eigenvalue weighted by Gasteiger charge is 2.12. The van der Waals surface area contributed by atoms with Crippen LogP contribution in [-0.2, 0) is 11.3 Å². The Kier molecular flexibility index (Phi) is 5.03. The molecule has 2 aromatic rings. The summed E-state index contributed by atoms with van der Waals surface area (Å²) in [6, 6.07) is 19.2.